The normalized spacial score (nSPS) is 8.27. The largest absolute Gasteiger partial charge is 0.225 e. The maximum Gasteiger partial charge on any atom is 0.148 e. The molecule has 1 heterocycles. The lowest BCUT2D eigenvalue weighted by atomic mass is 10.2. The number of hydrogen-bond acceptors (Lipinski definition) is 4. The smallest absolute Gasteiger partial charge is 0.148 e. The number of nitrogens with zero attached hydrogens (tertiary/aromatic N) is 4. The molecule has 0 aromatic carbocycles. The van der Waals surface area contributed by atoms with E-state index in [0.717, 1.165) is 0 Å². The van der Waals surface area contributed by atoms with E-state index in [0.29, 0.717) is 5.56 Å². The molecule has 0 unspecified atom stereocenters. The third-order valence-corrected chi connectivity index (χ3v) is 1.30. The molecule has 4 heteroatoms. The Morgan fingerprint density at radius 1 is 1.18 bits per heavy atom. The van der Waals surface area contributed by atoms with Crippen molar-refractivity contribution in [1.82, 2.24) is 9.97 Å². The second kappa shape index (κ2) is 2.76. The van der Waals surface area contributed by atoms with Gasteiger partial charge in [0.05, 0.1) is 0 Å². The van der Waals surface area contributed by atoms with Crippen molar-refractivity contribution in [3.63, 3.8) is 0 Å². The molecule has 52 valence electrons. The topological polar surface area (TPSA) is 73.4 Å². The van der Waals surface area contributed by atoms with Crippen LogP contribution in [0.4, 0.5) is 0 Å². The first-order chi connectivity index (χ1) is 5.29. The summed E-state index contributed by atoms with van der Waals surface area (Å²) in [7, 11) is 0. The summed E-state index contributed by atoms with van der Waals surface area (Å²) in [4.78, 5) is 7.36. The minimum Gasteiger partial charge on any atom is -0.225 e. The molecule has 0 aliphatic rings. The summed E-state index contributed by atoms with van der Waals surface area (Å²) >= 11 is 0. The average Bonchev–Trinajstić information content (AvgIpc) is 2.05. The van der Waals surface area contributed by atoms with Crippen LogP contribution < -0.4 is 0 Å². The van der Waals surface area contributed by atoms with Gasteiger partial charge in [-0.15, -0.1) is 0 Å². The molecule has 0 radical (unpaired) electrons. The second-order valence-electron chi connectivity index (χ2n) is 1.92. The second-order valence-corrected chi connectivity index (χ2v) is 1.92. The predicted molar refractivity (Wildman–Crippen MR) is 36.2 cm³/mol. The zero-order valence-electron chi connectivity index (χ0n) is 5.87. The van der Waals surface area contributed by atoms with Crippen LogP contribution in [-0.2, 0) is 0 Å². The highest BCUT2D eigenvalue weighted by atomic mass is 14.8. The van der Waals surface area contributed by atoms with Crippen molar-refractivity contribution in [2.45, 2.75) is 6.92 Å². The number of nitriles is 2. The minimum absolute atomic E-state index is 0.261. The van der Waals surface area contributed by atoms with Crippen LogP contribution in [0, 0.1) is 29.6 Å². The SMILES string of the molecule is Cc1c(C#N)ncnc1C#N. The Morgan fingerprint density at radius 2 is 1.64 bits per heavy atom. The molecule has 0 saturated heterocycles. The highest BCUT2D eigenvalue weighted by Gasteiger charge is 2.03. The standard InChI is InChI=1S/C7H4N4/c1-5-6(2-8)10-4-11-7(5)3-9/h4H,1H3. The fourth-order valence-corrected chi connectivity index (χ4v) is 0.676. The molecule has 1 aromatic heterocycles. The Labute approximate surface area is 63.8 Å². The van der Waals surface area contributed by atoms with E-state index in [9.17, 15) is 0 Å². The molecule has 0 N–H and O–H groups in total. The third-order valence-electron chi connectivity index (χ3n) is 1.30. The fourth-order valence-electron chi connectivity index (χ4n) is 0.676. The van der Waals surface area contributed by atoms with Crippen molar-refractivity contribution in [1.29, 1.82) is 10.5 Å². The molecule has 0 aliphatic carbocycles. The van der Waals surface area contributed by atoms with Gasteiger partial charge in [0.25, 0.3) is 0 Å². The summed E-state index contributed by atoms with van der Waals surface area (Å²) in [6.45, 7) is 1.65. The lowest BCUT2D eigenvalue weighted by molar-refractivity contribution is 1.07. The highest BCUT2D eigenvalue weighted by Crippen LogP contribution is 2.04. The highest BCUT2D eigenvalue weighted by molar-refractivity contribution is 5.38. The predicted octanol–water partition coefficient (Wildman–Crippen LogP) is 0.528. The number of hydrogen-bond donors (Lipinski definition) is 0. The van der Waals surface area contributed by atoms with Gasteiger partial charge in [-0.2, -0.15) is 10.5 Å². The third kappa shape index (κ3) is 1.15. The van der Waals surface area contributed by atoms with Crippen molar-refractivity contribution < 1.29 is 0 Å². The molecule has 0 fully saturated rings. The van der Waals surface area contributed by atoms with Crippen molar-refractivity contribution in [2.75, 3.05) is 0 Å². The van der Waals surface area contributed by atoms with E-state index >= 15 is 0 Å². The van der Waals surface area contributed by atoms with Gasteiger partial charge in [0.15, 0.2) is 0 Å². The molecule has 0 bridgehead atoms. The minimum atomic E-state index is 0.261. The van der Waals surface area contributed by atoms with Gasteiger partial charge in [0, 0.05) is 5.56 Å². The number of aromatic nitrogens is 2. The van der Waals surface area contributed by atoms with Gasteiger partial charge in [-0.3, -0.25) is 0 Å². The quantitative estimate of drug-likeness (QED) is 0.532. The van der Waals surface area contributed by atoms with Gasteiger partial charge in [0.2, 0.25) is 0 Å². The van der Waals surface area contributed by atoms with Gasteiger partial charge < -0.3 is 0 Å². The summed E-state index contributed by atoms with van der Waals surface area (Å²) in [6, 6.07) is 3.74. The lowest BCUT2D eigenvalue weighted by Gasteiger charge is -1.94. The van der Waals surface area contributed by atoms with Gasteiger partial charge in [-0.25, -0.2) is 9.97 Å². The molecule has 0 saturated carbocycles. The van der Waals surface area contributed by atoms with Gasteiger partial charge >= 0.3 is 0 Å². The number of rotatable bonds is 0. The molecule has 0 spiro atoms. The van der Waals surface area contributed by atoms with E-state index < -0.39 is 0 Å². The van der Waals surface area contributed by atoms with Crippen LogP contribution in [0.2, 0.25) is 0 Å². The average molecular weight is 144 g/mol. The Bertz CT molecular complexity index is 323. The van der Waals surface area contributed by atoms with E-state index in [2.05, 4.69) is 9.97 Å². The van der Waals surface area contributed by atoms with Gasteiger partial charge in [-0.1, -0.05) is 0 Å². The molecule has 4 nitrogen and oxygen atoms in total. The van der Waals surface area contributed by atoms with Crippen molar-refractivity contribution >= 4 is 0 Å². The Morgan fingerprint density at radius 3 is 2.00 bits per heavy atom. The summed E-state index contributed by atoms with van der Waals surface area (Å²) in [6.07, 6.45) is 1.21. The fraction of sp³-hybridized carbons (Fsp3) is 0.143. The van der Waals surface area contributed by atoms with Crippen LogP contribution in [-0.4, -0.2) is 9.97 Å². The Kier molecular flexibility index (Phi) is 1.80. The first-order valence-electron chi connectivity index (χ1n) is 2.91. The van der Waals surface area contributed by atoms with Crippen molar-refractivity contribution in [3.05, 3.63) is 23.3 Å². The molecular formula is C7H4N4. The van der Waals surface area contributed by atoms with Crippen LogP contribution in [0.25, 0.3) is 0 Å². The molecule has 0 amide bonds. The van der Waals surface area contributed by atoms with Crippen LogP contribution in [0.15, 0.2) is 6.33 Å². The molecule has 1 aromatic rings. The van der Waals surface area contributed by atoms with E-state index in [1.165, 1.54) is 6.33 Å². The monoisotopic (exact) mass is 144 g/mol. The Hall–Kier alpha value is -1.94. The molecule has 11 heavy (non-hydrogen) atoms. The lowest BCUT2D eigenvalue weighted by Crippen LogP contribution is -1.94. The van der Waals surface area contributed by atoms with Gasteiger partial charge in [0.1, 0.15) is 29.9 Å². The van der Waals surface area contributed by atoms with Crippen LogP contribution in [0.1, 0.15) is 17.0 Å². The molecule has 0 aliphatic heterocycles. The van der Waals surface area contributed by atoms with E-state index in [4.69, 9.17) is 10.5 Å². The Balaban J connectivity index is 3.38. The van der Waals surface area contributed by atoms with Crippen LogP contribution in [0.5, 0.6) is 0 Å². The first-order valence-corrected chi connectivity index (χ1v) is 2.91. The van der Waals surface area contributed by atoms with Crippen molar-refractivity contribution in [2.24, 2.45) is 0 Å². The summed E-state index contributed by atoms with van der Waals surface area (Å²) < 4.78 is 0. The molecular weight excluding hydrogens is 140 g/mol. The van der Waals surface area contributed by atoms with Crippen LogP contribution in [0.3, 0.4) is 0 Å². The van der Waals surface area contributed by atoms with E-state index in [1.54, 1.807) is 6.92 Å². The molecule has 0 atom stereocenters. The maximum absolute atomic E-state index is 8.49. The van der Waals surface area contributed by atoms with E-state index in [-0.39, 0.29) is 11.4 Å². The van der Waals surface area contributed by atoms with Gasteiger partial charge in [-0.05, 0) is 6.92 Å². The van der Waals surface area contributed by atoms with Crippen LogP contribution >= 0.6 is 0 Å². The van der Waals surface area contributed by atoms with E-state index in [1.807, 2.05) is 12.1 Å². The first kappa shape index (κ1) is 7.17. The maximum atomic E-state index is 8.49. The summed E-state index contributed by atoms with van der Waals surface area (Å²) in [5, 5.41) is 17.0. The zero-order valence-corrected chi connectivity index (χ0v) is 5.87. The molecule has 1 rings (SSSR count). The summed E-state index contributed by atoms with van der Waals surface area (Å²) in [5.41, 5.74) is 1.06. The van der Waals surface area contributed by atoms with Crippen molar-refractivity contribution in [3.8, 4) is 12.1 Å². The summed E-state index contributed by atoms with van der Waals surface area (Å²) in [5.74, 6) is 0. The zero-order chi connectivity index (χ0) is 8.27.